The van der Waals surface area contributed by atoms with Crippen LogP contribution in [-0.2, 0) is 17.6 Å². The summed E-state index contributed by atoms with van der Waals surface area (Å²) in [4.78, 5) is 13.8. The van der Waals surface area contributed by atoms with Gasteiger partial charge in [0.15, 0.2) is 0 Å². The van der Waals surface area contributed by atoms with Crippen molar-refractivity contribution in [2.75, 3.05) is 5.32 Å². The predicted octanol–water partition coefficient (Wildman–Crippen LogP) is 6.61. The number of nitrogens with one attached hydrogen (secondary N) is 1. The molecular formula is C23H15Cl2N3O2S. The van der Waals surface area contributed by atoms with Gasteiger partial charge < -0.3 is 9.73 Å². The van der Waals surface area contributed by atoms with Gasteiger partial charge in [-0.1, -0.05) is 23.2 Å². The van der Waals surface area contributed by atoms with E-state index in [1.807, 2.05) is 6.07 Å². The van der Waals surface area contributed by atoms with Crippen molar-refractivity contribution in [1.29, 1.82) is 10.5 Å². The number of halogens is 2. The van der Waals surface area contributed by atoms with Gasteiger partial charge in [-0.05, 0) is 61.6 Å². The van der Waals surface area contributed by atoms with E-state index in [-0.39, 0.29) is 5.57 Å². The van der Waals surface area contributed by atoms with Gasteiger partial charge in [-0.2, -0.15) is 10.5 Å². The molecule has 2 aromatic heterocycles. The van der Waals surface area contributed by atoms with Crippen LogP contribution in [0.3, 0.4) is 0 Å². The third-order valence-corrected chi connectivity index (χ3v) is 6.94. The average molecular weight is 468 g/mol. The fraction of sp³-hybridized carbons (Fsp3) is 0.174. The number of amides is 1. The van der Waals surface area contributed by atoms with E-state index in [0.717, 1.165) is 41.7 Å². The topological polar surface area (TPSA) is 89.8 Å². The molecule has 1 aliphatic rings. The van der Waals surface area contributed by atoms with Crippen LogP contribution in [0.4, 0.5) is 5.00 Å². The maximum atomic E-state index is 12.7. The van der Waals surface area contributed by atoms with Gasteiger partial charge in [0.1, 0.15) is 34.2 Å². The first-order chi connectivity index (χ1) is 15.0. The lowest BCUT2D eigenvalue weighted by molar-refractivity contribution is -0.112. The van der Waals surface area contributed by atoms with Crippen molar-refractivity contribution in [1.82, 2.24) is 0 Å². The molecule has 0 fully saturated rings. The van der Waals surface area contributed by atoms with E-state index in [2.05, 4.69) is 11.4 Å². The number of carbonyl (C=O) groups is 1. The minimum atomic E-state index is -0.579. The predicted molar refractivity (Wildman–Crippen MR) is 122 cm³/mol. The van der Waals surface area contributed by atoms with Crippen molar-refractivity contribution >= 4 is 51.5 Å². The Morgan fingerprint density at radius 1 is 1.13 bits per heavy atom. The van der Waals surface area contributed by atoms with Crippen LogP contribution in [-0.4, -0.2) is 5.91 Å². The van der Waals surface area contributed by atoms with Gasteiger partial charge in [0.2, 0.25) is 0 Å². The molecule has 5 nitrogen and oxygen atoms in total. The first-order valence-electron chi connectivity index (χ1n) is 9.53. The van der Waals surface area contributed by atoms with Crippen molar-refractivity contribution < 1.29 is 9.21 Å². The van der Waals surface area contributed by atoms with Crippen molar-refractivity contribution in [3.8, 4) is 23.5 Å². The third-order valence-electron chi connectivity index (χ3n) is 4.99. The molecule has 154 valence electrons. The molecule has 3 aromatic rings. The summed E-state index contributed by atoms with van der Waals surface area (Å²) in [5, 5.41) is 23.1. The summed E-state index contributed by atoms with van der Waals surface area (Å²) in [6.45, 7) is 0. The fourth-order valence-corrected chi connectivity index (χ4v) is 5.00. The Morgan fingerprint density at radius 3 is 2.68 bits per heavy atom. The van der Waals surface area contributed by atoms with E-state index in [1.165, 1.54) is 17.4 Å². The number of anilines is 1. The van der Waals surface area contributed by atoms with Gasteiger partial charge in [-0.15, -0.1) is 11.3 Å². The Kier molecular flexibility index (Phi) is 6.15. The van der Waals surface area contributed by atoms with Crippen molar-refractivity contribution in [2.45, 2.75) is 25.7 Å². The number of nitriles is 2. The number of aryl methyl sites for hydroxylation is 1. The third kappa shape index (κ3) is 4.38. The summed E-state index contributed by atoms with van der Waals surface area (Å²) in [5.74, 6) is 0.295. The first-order valence-corrected chi connectivity index (χ1v) is 11.1. The second kappa shape index (κ2) is 8.99. The lowest BCUT2D eigenvalue weighted by atomic mass is 9.96. The molecule has 1 aromatic carbocycles. The van der Waals surface area contributed by atoms with Gasteiger partial charge in [-0.3, -0.25) is 4.79 Å². The van der Waals surface area contributed by atoms with E-state index in [4.69, 9.17) is 27.6 Å². The van der Waals surface area contributed by atoms with Crippen molar-refractivity contribution in [3.63, 3.8) is 0 Å². The number of fused-ring (bicyclic) bond motifs is 1. The van der Waals surface area contributed by atoms with Crippen LogP contribution in [0.5, 0.6) is 0 Å². The summed E-state index contributed by atoms with van der Waals surface area (Å²) in [6.07, 6.45) is 5.24. The average Bonchev–Trinajstić information content (AvgIpc) is 3.37. The van der Waals surface area contributed by atoms with E-state index < -0.39 is 5.91 Å². The zero-order chi connectivity index (χ0) is 22.0. The minimum Gasteiger partial charge on any atom is -0.457 e. The van der Waals surface area contributed by atoms with E-state index in [1.54, 1.807) is 30.3 Å². The van der Waals surface area contributed by atoms with E-state index in [9.17, 15) is 15.3 Å². The molecule has 0 saturated carbocycles. The molecule has 1 N–H and O–H groups in total. The van der Waals surface area contributed by atoms with E-state index in [0.29, 0.717) is 32.1 Å². The van der Waals surface area contributed by atoms with Crippen molar-refractivity contribution in [3.05, 3.63) is 67.7 Å². The number of carbonyl (C=O) groups excluding carboxylic acids is 1. The van der Waals surface area contributed by atoms with Gasteiger partial charge in [-0.25, -0.2) is 0 Å². The Balaban J connectivity index is 1.57. The normalized spacial score (nSPS) is 13.2. The molecule has 0 aliphatic heterocycles. The molecule has 0 spiro atoms. The Morgan fingerprint density at radius 2 is 1.94 bits per heavy atom. The molecule has 0 atom stereocenters. The van der Waals surface area contributed by atoms with Gasteiger partial charge in [0.25, 0.3) is 5.91 Å². The second-order valence-electron chi connectivity index (χ2n) is 6.98. The molecule has 2 heterocycles. The molecule has 31 heavy (non-hydrogen) atoms. The van der Waals surface area contributed by atoms with Crippen LogP contribution in [0.1, 0.15) is 34.6 Å². The summed E-state index contributed by atoms with van der Waals surface area (Å²) >= 11 is 13.4. The highest BCUT2D eigenvalue weighted by Gasteiger charge is 2.23. The highest BCUT2D eigenvalue weighted by molar-refractivity contribution is 7.16. The molecule has 8 heteroatoms. The van der Waals surface area contributed by atoms with Crippen molar-refractivity contribution in [2.24, 2.45) is 0 Å². The molecule has 0 unspecified atom stereocenters. The minimum absolute atomic E-state index is 0.120. The number of benzene rings is 1. The molecule has 0 saturated heterocycles. The highest BCUT2D eigenvalue weighted by atomic mass is 35.5. The van der Waals surface area contributed by atoms with Crippen LogP contribution < -0.4 is 5.32 Å². The number of nitrogens with zero attached hydrogens (tertiary/aromatic N) is 2. The molecule has 0 radical (unpaired) electrons. The van der Waals surface area contributed by atoms with Crippen LogP contribution in [0.15, 0.2) is 40.3 Å². The number of rotatable bonds is 4. The maximum absolute atomic E-state index is 12.7. The summed E-state index contributed by atoms with van der Waals surface area (Å²) in [6, 6.07) is 12.6. The second-order valence-corrected chi connectivity index (χ2v) is 8.90. The quantitative estimate of drug-likeness (QED) is 0.345. The molecule has 0 bridgehead atoms. The lowest BCUT2D eigenvalue weighted by Crippen LogP contribution is -2.13. The molecular weight excluding hydrogens is 453 g/mol. The Bertz CT molecular complexity index is 1290. The Labute approximate surface area is 193 Å². The number of hydrogen-bond donors (Lipinski definition) is 1. The van der Waals surface area contributed by atoms with Gasteiger partial charge in [0, 0.05) is 16.5 Å². The van der Waals surface area contributed by atoms with Crippen LogP contribution in [0, 0.1) is 22.7 Å². The number of hydrogen-bond acceptors (Lipinski definition) is 5. The monoisotopic (exact) mass is 467 g/mol. The summed E-state index contributed by atoms with van der Waals surface area (Å²) in [7, 11) is 0. The summed E-state index contributed by atoms with van der Waals surface area (Å²) < 4.78 is 5.75. The standard InChI is InChI=1S/C23H15Cl2N3O2S/c24-18-7-5-13(10-19(18)25)20-8-6-15(30-20)9-14(11-26)22(29)28-23-17(12-27)16-3-1-2-4-21(16)31-23/h5-10H,1-4H2,(H,28,29)/b14-9+. The Hall–Kier alpha value is -3.03. The number of thiophene rings is 1. The van der Waals surface area contributed by atoms with Crippen LogP contribution in [0.25, 0.3) is 17.4 Å². The first kappa shape index (κ1) is 21.2. The lowest BCUT2D eigenvalue weighted by Gasteiger charge is -2.09. The van der Waals surface area contributed by atoms with Crippen LogP contribution in [0.2, 0.25) is 10.0 Å². The number of furan rings is 1. The van der Waals surface area contributed by atoms with Gasteiger partial charge >= 0.3 is 0 Å². The molecule has 4 rings (SSSR count). The van der Waals surface area contributed by atoms with Gasteiger partial charge in [0.05, 0.1) is 15.6 Å². The van der Waals surface area contributed by atoms with E-state index >= 15 is 0 Å². The smallest absolute Gasteiger partial charge is 0.267 e. The fourth-order valence-electron chi connectivity index (χ4n) is 3.47. The SMILES string of the molecule is N#C/C(=C\c1ccc(-c2ccc(Cl)c(Cl)c2)o1)C(=O)Nc1sc2c(c1C#N)CCCC2. The van der Waals surface area contributed by atoms with Crippen LogP contribution >= 0.6 is 34.5 Å². The zero-order valence-electron chi connectivity index (χ0n) is 16.2. The molecule has 1 aliphatic carbocycles. The maximum Gasteiger partial charge on any atom is 0.267 e. The highest BCUT2D eigenvalue weighted by Crippen LogP contribution is 2.38. The zero-order valence-corrected chi connectivity index (χ0v) is 18.5. The largest absolute Gasteiger partial charge is 0.457 e. The molecule has 1 amide bonds. The summed E-state index contributed by atoms with van der Waals surface area (Å²) in [5.41, 5.74) is 2.13.